The molecular formula is C18H25ClN2O. The topological polar surface area (TPSA) is 23.6 Å². The highest BCUT2D eigenvalue weighted by atomic mass is 35.5. The smallest absolute Gasteiger partial charge is 0.237 e. The van der Waals surface area contributed by atoms with Gasteiger partial charge in [-0.3, -0.25) is 4.79 Å². The Morgan fingerprint density at radius 2 is 2.23 bits per heavy atom. The third-order valence-corrected chi connectivity index (χ3v) is 6.03. The van der Waals surface area contributed by atoms with E-state index in [0.717, 1.165) is 19.4 Å². The maximum atomic E-state index is 12.2. The van der Waals surface area contributed by atoms with E-state index in [1.165, 1.54) is 16.7 Å². The molecule has 120 valence electrons. The molecule has 3 rings (SSSR count). The molecule has 22 heavy (non-hydrogen) atoms. The summed E-state index contributed by atoms with van der Waals surface area (Å²) < 4.78 is 0. The molecule has 1 aliphatic carbocycles. The van der Waals surface area contributed by atoms with Gasteiger partial charge in [0.1, 0.15) is 5.88 Å². The number of hydrogen-bond acceptors (Lipinski definition) is 2. The number of likely N-dealkylation sites (tertiary alicyclic amines) is 1. The average Bonchev–Trinajstić information content (AvgIpc) is 2.50. The summed E-state index contributed by atoms with van der Waals surface area (Å²) in [6, 6.07) is 7.35. The summed E-state index contributed by atoms with van der Waals surface area (Å²) in [5, 5.41) is 0. The van der Waals surface area contributed by atoms with Gasteiger partial charge >= 0.3 is 0 Å². The fraction of sp³-hybridized carbons (Fsp3) is 0.611. The first-order valence-corrected chi connectivity index (χ1v) is 8.54. The number of amides is 1. The van der Waals surface area contributed by atoms with Crippen molar-refractivity contribution >= 4 is 17.5 Å². The number of halogens is 1. The molecule has 1 saturated heterocycles. The number of aryl methyl sites for hydroxylation is 1. The molecule has 4 heteroatoms. The van der Waals surface area contributed by atoms with Crippen LogP contribution < -0.4 is 0 Å². The number of benzene rings is 1. The van der Waals surface area contributed by atoms with E-state index in [4.69, 9.17) is 11.6 Å². The molecule has 0 aromatic heterocycles. The molecule has 1 fully saturated rings. The molecule has 0 saturated carbocycles. The summed E-state index contributed by atoms with van der Waals surface area (Å²) in [4.78, 5) is 16.6. The second kappa shape index (κ2) is 5.54. The summed E-state index contributed by atoms with van der Waals surface area (Å²) in [6.45, 7) is 5.55. The summed E-state index contributed by atoms with van der Waals surface area (Å²) >= 11 is 5.83. The standard InChI is InChI=1S/C18H25ClN2O/c1-12-5-6-13-10-15-17(21(4)16(22)11-19)18(2,14(13)9-12)7-8-20(15)3/h5-6,9,15,17H,7-8,10-11H2,1-4H3/t15-,17+,18-/m1/s1. The van der Waals surface area contributed by atoms with Crippen molar-refractivity contribution in [2.45, 2.75) is 44.2 Å². The molecule has 1 aromatic rings. The predicted octanol–water partition coefficient (Wildman–Crippen LogP) is 2.58. The van der Waals surface area contributed by atoms with Crippen molar-refractivity contribution in [2.24, 2.45) is 0 Å². The Morgan fingerprint density at radius 1 is 1.50 bits per heavy atom. The molecule has 1 aromatic carbocycles. The average molecular weight is 321 g/mol. The first kappa shape index (κ1) is 15.8. The van der Waals surface area contributed by atoms with Gasteiger partial charge in [0.15, 0.2) is 0 Å². The van der Waals surface area contributed by atoms with Crippen LogP contribution in [-0.2, 0) is 16.6 Å². The Morgan fingerprint density at radius 3 is 2.91 bits per heavy atom. The van der Waals surface area contributed by atoms with Gasteiger partial charge in [-0.15, -0.1) is 11.6 Å². The third kappa shape index (κ3) is 2.26. The maximum absolute atomic E-state index is 12.2. The molecule has 0 spiro atoms. The highest BCUT2D eigenvalue weighted by Crippen LogP contribution is 2.46. The van der Waals surface area contributed by atoms with Gasteiger partial charge in [0, 0.05) is 18.5 Å². The first-order valence-electron chi connectivity index (χ1n) is 8.00. The minimum absolute atomic E-state index is 0.00719. The van der Waals surface area contributed by atoms with Crippen LogP contribution in [0.1, 0.15) is 30.0 Å². The van der Waals surface area contributed by atoms with Crippen molar-refractivity contribution < 1.29 is 4.79 Å². The number of hydrogen-bond donors (Lipinski definition) is 0. The second-order valence-electron chi connectivity index (χ2n) is 7.16. The third-order valence-electron chi connectivity index (χ3n) is 5.80. The fourth-order valence-corrected chi connectivity index (χ4v) is 4.70. The number of carbonyl (C=O) groups is 1. The molecule has 1 aliphatic heterocycles. The van der Waals surface area contributed by atoms with E-state index in [1.54, 1.807) is 0 Å². The Kier molecular flexibility index (Phi) is 3.98. The van der Waals surface area contributed by atoms with Gasteiger partial charge in [0.25, 0.3) is 0 Å². The molecule has 3 atom stereocenters. The Labute approximate surface area is 138 Å². The number of nitrogens with zero attached hydrogens (tertiary/aromatic N) is 2. The van der Waals surface area contributed by atoms with Crippen LogP contribution in [0.2, 0.25) is 0 Å². The number of alkyl halides is 1. The molecule has 2 aliphatic rings. The number of rotatable bonds is 2. The first-order chi connectivity index (χ1) is 10.4. The molecule has 2 bridgehead atoms. The predicted molar refractivity (Wildman–Crippen MR) is 90.5 cm³/mol. The summed E-state index contributed by atoms with van der Waals surface area (Å²) in [5.41, 5.74) is 4.17. The van der Waals surface area contributed by atoms with Gasteiger partial charge in [-0.1, -0.05) is 30.7 Å². The van der Waals surface area contributed by atoms with Gasteiger partial charge in [-0.25, -0.2) is 0 Å². The molecular weight excluding hydrogens is 296 g/mol. The van der Waals surface area contributed by atoms with Crippen molar-refractivity contribution in [1.82, 2.24) is 9.80 Å². The molecule has 1 amide bonds. The summed E-state index contributed by atoms with van der Waals surface area (Å²) in [5.74, 6) is 0.0782. The van der Waals surface area contributed by atoms with Crippen LogP contribution in [0.5, 0.6) is 0 Å². The van der Waals surface area contributed by atoms with Crippen LogP contribution in [0.25, 0.3) is 0 Å². The molecule has 0 unspecified atom stereocenters. The Hall–Kier alpha value is -1.06. The van der Waals surface area contributed by atoms with Crippen molar-refractivity contribution in [3.63, 3.8) is 0 Å². The van der Waals surface area contributed by atoms with E-state index in [2.05, 4.69) is 44.0 Å². The molecule has 0 N–H and O–H groups in total. The van der Waals surface area contributed by atoms with Crippen molar-refractivity contribution in [3.05, 3.63) is 34.9 Å². The molecule has 3 nitrogen and oxygen atoms in total. The largest absolute Gasteiger partial charge is 0.339 e. The molecule has 1 heterocycles. The van der Waals surface area contributed by atoms with Gasteiger partial charge in [-0.05, 0) is 44.5 Å². The lowest BCUT2D eigenvalue weighted by atomic mass is 9.61. The zero-order valence-electron chi connectivity index (χ0n) is 13.9. The van der Waals surface area contributed by atoms with E-state index in [9.17, 15) is 4.79 Å². The van der Waals surface area contributed by atoms with Gasteiger partial charge in [0.2, 0.25) is 5.91 Å². The minimum atomic E-state index is 0.00719. The lowest BCUT2D eigenvalue weighted by Crippen LogP contribution is -2.67. The van der Waals surface area contributed by atoms with E-state index in [-0.39, 0.29) is 23.2 Å². The van der Waals surface area contributed by atoms with E-state index in [1.807, 2.05) is 11.9 Å². The van der Waals surface area contributed by atoms with Crippen LogP contribution >= 0.6 is 11.6 Å². The molecule has 0 radical (unpaired) electrons. The highest BCUT2D eigenvalue weighted by Gasteiger charge is 2.52. The van der Waals surface area contributed by atoms with Crippen LogP contribution in [0.4, 0.5) is 0 Å². The van der Waals surface area contributed by atoms with Crippen LogP contribution in [-0.4, -0.2) is 54.3 Å². The normalized spacial score (nSPS) is 30.8. The van der Waals surface area contributed by atoms with E-state index >= 15 is 0 Å². The Bertz CT molecular complexity index is 603. The van der Waals surface area contributed by atoms with Crippen LogP contribution in [0, 0.1) is 6.92 Å². The minimum Gasteiger partial charge on any atom is -0.339 e. The van der Waals surface area contributed by atoms with E-state index < -0.39 is 0 Å². The van der Waals surface area contributed by atoms with E-state index in [0.29, 0.717) is 6.04 Å². The van der Waals surface area contributed by atoms with Crippen molar-refractivity contribution in [1.29, 1.82) is 0 Å². The number of carbonyl (C=O) groups excluding carboxylic acids is 1. The van der Waals surface area contributed by atoms with Crippen molar-refractivity contribution in [2.75, 3.05) is 26.5 Å². The quantitative estimate of drug-likeness (QED) is 0.782. The van der Waals surface area contributed by atoms with Crippen LogP contribution in [0.15, 0.2) is 18.2 Å². The summed E-state index contributed by atoms with van der Waals surface area (Å²) in [7, 11) is 4.09. The van der Waals surface area contributed by atoms with Crippen molar-refractivity contribution in [3.8, 4) is 0 Å². The van der Waals surface area contributed by atoms with Gasteiger partial charge in [-0.2, -0.15) is 0 Å². The number of fused-ring (bicyclic) bond motifs is 4. The van der Waals surface area contributed by atoms with Crippen LogP contribution in [0.3, 0.4) is 0 Å². The fourth-order valence-electron chi connectivity index (χ4n) is 4.51. The highest BCUT2D eigenvalue weighted by molar-refractivity contribution is 6.27. The summed E-state index contributed by atoms with van der Waals surface area (Å²) in [6.07, 6.45) is 2.08. The zero-order valence-corrected chi connectivity index (χ0v) is 14.7. The lowest BCUT2D eigenvalue weighted by molar-refractivity contribution is -0.134. The second-order valence-corrected chi connectivity index (χ2v) is 7.43. The maximum Gasteiger partial charge on any atom is 0.237 e. The van der Waals surface area contributed by atoms with Gasteiger partial charge in [0.05, 0.1) is 6.04 Å². The number of piperidine rings is 1. The SMILES string of the molecule is Cc1ccc2c(c1)[C@@]1(C)CCN(C)[C@H](C2)[C@@H]1N(C)C(=O)CCl. The Balaban J connectivity index is 2.12. The monoisotopic (exact) mass is 320 g/mol. The van der Waals surface area contributed by atoms with Gasteiger partial charge < -0.3 is 9.80 Å². The zero-order chi connectivity index (χ0) is 16.1. The lowest BCUT2D eigenvalue weighted by Gasteiger charge is -2.57. The number of likely N-dealkylation sites (N-methyl/N-ethyl adjacent to an activating group) is 2.